The number of nitrogens with zero attached hydrogens (tertiary/aromatic N) is 2. The van der Waals surface area contributed by atoms with Crippen LogP contribution in [0.5, 0.6) is 0 Å². The lowest BCUT2D eigenvalue weighted by molar-refractivity contribution is 0.0600. The lowest BCUT2D eigenvalue weighted by atomic mass is 10.1. The van der Waals surface area contributed by atoms with Crippen molar-refractivity contribution in [1.82, 2.24) is 9.21 Å². The standard InChI is InChI=1S/C17H26N2O4S/c1-4-15-12-18(2)10-7-11-19(15)24(21,22)13-14-8-5-6-9-16(14)17(20)23-3/h5-6,8-9,15H,4,7,10-13H2,1-3H3/t15-/m0/s1. The molecule has 0 bridgehead atoms. The number of benzene rings is 1. The van der Waals surface area contributed by atoms with Crippen LogP contribution in [0.2, 0.25) is 0 Å². The summed E-state index contributed by atoms with van der Waals surface area (Å²) in [4.78, 5) is 14.1. The zero-order valence-corrected chi connectivity index (χ0v) is 15.4. The van der Waals surface area contributed by atoms with Crippen LogP contribution in [0.15, 0.2) is 24.3 Å². The molecule has 0 N–H and O–H groups in total. The first-order chi connectivity index (χ1) is 11.4. The molecule has 1 heterocycles. The number of carbonyl (C=O) groups excluding carboxylic acids is 1. The minimum absolute atomic E-state index is 0.0345. The summed E-state index contributed by atoms with van der Waals surface area (Å²) in [5.74, 6) is -0.693. The number of hydrogen-bond donors (Lipinski definition) is 0. The van der Waals surface area contributed by atoms with Crippen LogP contribution in [0.1, 0.15) is 35.7 Å². The Morgan fingerprint density at radius 2 is 2.00 bits per heavy atom. The summed E-state index contributed by atoms with van der Waals surface area (Å²) in [7, 11) is -0.194. The van der Waals surface area contributed by atoms with Gasteiger partial charge in [0.1, 0.15) is 0 Å². The SMILES string of the molecule is CC[C@H]1CN(C)CCCN1S(=O)(=O)Cc1ccccc1C(=O)OC. The molecular weight excluding hydrogens is 328 g/mol. The molecule has 1 saturated heterocycles. The molecule has 0 unspecified atom stereocenters. The highest BCUT2D eigenvalue weighted by molar-refractivity contribution is 7.88. The van der Waals surface area contributed by atoms with Gasteiger partial charge in [-0.2, -0.15) is 4.31 Å². The topological polar surface area (TPSA) is 66.9 Å². The quantitative estimate of drug-likeness (QED) is 0.753. The molecule has 1 aromatic rings. The van der Waals surface area contributed by atoms with E-state index in [4.69, 9.17) is 4.74 Å². The first kappa shape index (κ1) is 18.9. The van der Waals surface area contributed by atoms with E-state index in [1.54, 1.807) is 28.6 Å². The number of rotatable bonds is 5. The van der Waals surface area contributed by atoms with Crippen molar-refractivity contribution in [1.29, 1.82) is 0 Å². The van der Waals surface area contributed by atoms with Gasteiger partial charge in [0, 0.05) is 19.1 Å². The van der Waals surface area contributed by atoms with E-state index in [0.717, 1.165) is 25.9 Å². The maximum absolute atomic E-state index is 13.0. The van der Waals surface area contributed by atoms with Crippen molar-refractivity contribution in [3.63, 3.8) is 0 Å². The molecular formula is C17H26N2O4S. The molecule has 0 radical (unpaired) electrons. The average molecular weight is 354 g/mol. The smallest absolute Gasteiger partial charge is 0.338 e. The molecule has 6 nitrogen and oxygen atoms in total. The van der Waals surface area contributed by atoms with E-state index in [9.17, 15) is 13.2 Å². The van der Waals surface area contributed by atoms with Gasteiger partial charge in [-0.05, 0) is 38.1 Å². The Morgan fingerprint density at radius 1 is 1.29 bits per heavy atom. The number of hydrogen-bond acceptors (Lipinski definition) is 5. The fourth-order valence-electron chi connectivity index (χ4n) is 3.15. The minimum atomic E-state index is -3.51. The van der Waals surface area contributed by atoms with E-state index in [2.05, 4.69) is 4.90 Å². The van der Waals surface area contributed by atoms with E-state index in [1.165, 1.54) is 7.11 Å². The summed E-state index contributed by atoms with van der Waals surface area (Å²) in [5.41, 5.74) is 0.792. The Balaban J connectivity index is 2.29. The molecule has 0 amide bonds. The van der Waals surface area contributed by atoms with Gasteiger partial charge in [0.25, 0.3) is 0 Å². The molecule has 0 aliphatic carbocycles. The largest absolute Gasteiger partial charge is 0.465 e. The molecule has 1 aliphatic rings. The van der Waals surface area contributed by atoms with Crippen molar-refractivity contribution in [2.75, 3.05) is 33.8 Å². The van der Waals surface area contributed by atoms with E-state index >= 15 is 0 Å². The summed E-state index contributed by atoms with van der Waals surface area (Å²) < 4.78 is 32.4. The first-order valence-corrected chi connectivity index (χ1v) is 9.84. The van der Waals surface area contributed by atoms with Gasteiger partial charge in [-0.15, -0.1) is 0 Å². The van der Waals surface area contributed by atoms with E-state index in [-0.39, 0.29) is 11.8 Å². The fraction of sp³-hybridized carbons (Fsp3) is 0.588. The van der Waals surface area contributed by atoms with Gasteiger partial charge in [-0.3, -0.25) is 0 Å². The second kappa shape index (κ2) is 8.09. The third-order valence-corrected chi connectivity index (χ3v) is 6.31. The van der Waals surface area contributed by atoms with Gasteiger partial charge >= 0.3 is 5.97 Å². The van der Waals surface area contributed by atoms with Crippen LogP contribution in [-0.4, -0.2) is 63.4 Å². The van der Waals surface area contributed by atoms with Crippen LogP contribution >= 0.6 is 0 Å². The van der Waals surface area contributed by atoms with Gasteiger partial charge in [0.2, 0.25) is 10.0 Å². The third kappa shape index (κ3) is 4.34. The van der Waals surface area contributed by atoms with Crippen LogP contribution in [0.3, 0.4) is 0 Å². The van der Waals surface area contributed by atoms with Gasteiger partial charge in [0.05, 0.1) is 18.4 Å². The molecule has 1 aliphatic heterocycles. The van der Waals surface area contributed by atoms with E-state index < -0.39 is 16.0 Å². The minimum Gasteiger partial charge on any atom is -0.465 e. The molecule has 24 heavy (non-hydrogen) atoms. The van der Waals surface area contributed by atoms with Crippen LogP contribution in [0, 0.1) is 0 Å². The monoisotopic (exact) mass is 354 g/mol. The summed E-state index contributed by atoms with van der Waals surface area (Å²) in [6.45, 7) is 4.15. The lowest BCUT2D eigenvalue weighted by Gasteiger charge is -2.29. The van der Waals surface area contributed by atoms with Gasteiger partial charge in [-0.25, -0.2) is 13.2 Å². The maximum atomic E-state index is 13.0. The molecule has 0 saturated carbocycles. The van der Waals surface area contributed by atoms with Gasteiger partial charge in [-0.1, -0.05) is 25.1 Å². The molecule has 1 aromatic carbocycles. The summed E-state index contributed by atoms with van der Waals surface area (Å²) in [6.07, 6.45) is 1.58. The zero-order valence-electron chi connectivity index (χ0n) is 14.6. The van der Waals surface area contributed by atoms with E-state index in [1.807, 2.05) is 14.0 Å². The van der Waals surface area contributed by atoms with Crippen molar-refractivity contribution < 1.29 is 17.9 Å². The highest BCUT2D eigenvalue weighted by Crippen LogP contribution is 2.21. The molecule has 0 aromatic heterocycles. The van der Waals surface area contributed by atoms with Crippen LogP contribution in [0.25, 0.3) is 0 Å². The molecule has 0 spiro atoms. The van der Waals surface area contributed by atoms with Crippen molar-refractivity contribution in [3.8, 4) is 0 Å². The predicted octanol–water partition coefficient (Wildman–Crippen LogP) is 1.72. The Morgan fingerprint density at radius 3 is 2.67 bits per heavy atom. The van der Waals surface area contributed by atoms with Crippen molar-refractivity contribution in [2.24, 2.45) is 0 Å². The Hall–Kier alpha value is -1.44. The second-order valence-electron chi connectivity index (χ2n) is 6.19. The number of ether oxygens (including phenoxy) is 1. The molecule has 1 fully saturated rings. The highest BCUT2D eigenvalue weighted by Gasteiger charge is 2.32. The Kier molecular flexibility index (Phi) is 6.37. The lowest BCUT2D eigenvalue weighted by Crippen LogP contribution is -2.44. The van der Waals surface area contributed by atoms with Gasteiger partial charge in [0.15, 0.2) is 0 Å². The molecule has 2 rings (SSSR count). The molecule has 7 heteroatoms. The maximum Gasteiger partial charge on any atom is 0.338 e. The predicted molar refractivity (Wildman–Crippen MR) is 93.3 cm³/mol. The van der Waals surface area contributed by atoms with Crippen molar-refractivity contribution in [3.05, 3.63) is 35.4 Å². The third-order valence-electron chi connectivity index (χ3n) is 4.44. The first-order valence-electron chi connectivity index (χ1n) is 8.23. The van der Waals surface area contributed by atoms with E-state index in [0.29, 0.717) is 17.7 Å². The van der Waals surface area contributed by atoms with Crippen molar-refractivity contribution in [2.45, 2.75) is 31.6 Å². The zero-order chi connectivity index (χ0) is 17.7. The Labute approximate surface area is 144 Å². The molecule has 1 atom stereocenters. The number of likely N-dealkylation sites (N-methyl/N-ethyl adjacent to an activating group) is 1. The van der Waals surface area contributed by atoms with Gasteiger partial charge < -0.3 is 9.64 Å². The van der Waals surface area contributed by atoms with Crippen molar-refractivity contribution >= 4 is 16.0 Å². The number of methoxy groups -OCH3 is 1. The summed E-state index contributed by atoms with van der Waals surface area (Å²) in [6, 6.07) is 6.69. The number of esters is 1. The van der Waals surface area contributed by atoms with Crippen LogP contribution in [-0.2, 0) is 20.5 Å². The molecule has 134 valence electrons. The Bertz CT molecular complexity index is 675. The number of sulfonamides is 1. The second-order valence-corrected chi connectivity index (χ2v) is 8.12. The average Bonchev–Trinajstić information content (AvgIpc) is 2.76. The summed E-state index contributed by atoms with van der Waals surface area (Å²) >= 11 is 0. The normalized spacial score (nSPS) is 20.5. The summed E-state index contributed by atoms with van der Waals surface area (Å²) in [5, 5.41) is 0. The van der Waals surface area contributed by atoms with Crippen LogP contribution in [0.4, 0.5) is 0 Å². The number of carbonyl (C=O) groups is 1. The van der Waals surface area contributed by atoms with Crippen LogP contribution < -0.4 is 0 Å². The highest BCUT2D eigenvalue weighted by atomic mass is 32.2. The fourth-order valence-corrected chi connectivity index (χ4v) is 5.04.